The molecule has 1 aliphatic rings. The summed E-state index contributed by atoms with van der Waals surface area (Å²) in [6.45, 7) is 1.81. The first-order valence-electron chi connectivity index (χ1n) is 8.53. The minimum Gasteiger partial charge on any atom is -0.387 e. The molecule has 5 nitrogen and oxygen atoms in total. The molecule has 2 N–H and O–H groups in total. The minimum absolute atomic E-state index is 0.131. The average molecular weight is 366 g/mol. The summed E-state index contributed by atoms with van der Waals surface area (Å²) < 4.78 is 13.2. The largest absolute Gasteiger partial charge is 0.387 e. The van der Waals surface area contributed by atoms with Gasteiger partial charge in [-0.25, -0.2) is 9.38 Å². The number of carbonyl (C=O) groups is 2. The van der Waals surface area contributed by atoms with Gasteiger partial charge in [-0.15, -0.1) is 0 Å². The van der Waals surface area contributed by atoms with Gasteiger partial charge in [0.15, 0.2) is 0 Å². The van der Waals surface area contributed by atoms with Crippen molar-refractivity contribution < 1.29 is 19.1 Å². The molecule has 6 heteroatoms. The van der Waals surface area contributed by atoms with E-state index in [4.69, 9.17) is 0 Å². The van der Waals surface area contributed by atoms with Crippen LogP contribution < -0.4 is 5.32 Å². The van der Waals surface area contributed by atoms with Gasteiger partial charge in [0.1, 0.15) is 11.7 Å². The van der Waals surface area contributed by atoms with Crippen molar-refractivity contribution in [2.24, 2.45) is 10.9 Å². The zero-order chi connectivity index (χ0) is 19.4. The van der Waals surface area contributed by atoms with Crippen LogP contribution in [0.4, 0.5) is 4.39 Å². The second-order valence-corrected chi connectivity index (χ2v) is 6.36. The molecule has 27 heavy (non-hydrogen) atoms. The number of dihydropyridines is 1. The van der Waals surface area contributed by atoms with Crippen molar-refractivity contribution in [1.82, 2.24) is 5.32 Å². The Bertz CT molecular complexity index is 937. The van der Waals surface area contributed by atoms with E-state index in [0.717, 1.165) is 11.1 Å². The number of nitrogens with zero attached hydrogens (tertiary/aromatic N) is 1. The predicted molar refractivity (Wildman–Crippen MR) is 99.7 cm³/mol. The van der Waals surface area contributed by atoms with E-state index in [1.165, 1.54) is 24.3 Å². The molecule has 2 amide bonds. The van der Waals surface area contributed by atoms with Gasteiger partial charge >= 0.3 is 0 Å². The molecule has 0 saturated carbocycles. The number of rotatable bonds is 5. The van der Waals surface area contributed by atoms with Crippen LogP contribution in [0.1, 0.15) is 22.8 Å². The molecule has 0 fully saturated rings. The number of benzene rings is 2. The van der Waals surface area contributed by atoms with Gasteiger partial charge in [-0.3, -0.25) is 9.59 Å². The summed E-state index contributed by atoms with van der Waals surface area (Å²) in [6, 6.07) is 13.1. The summed E-state index contributed by atoms with van der Waals surface area (Å²) in [4.78, 5) is 28.5. The molecule has 0 radical (unpaired) electrons. The van der Waals surface area contributed by atoms with Crippen LogP contribution in [0.15, 0.2) is 65.7 Å². The molecule has 0 saturated heterocycles. The molecule has 2 atom stereocenters. The number of allylic oxidation sites excluding steroid dienone is 1. The molecular weight excluding hydrogens is 347 g/mol. The molecule has 1 aliphatic heterocycles. The molecule has 2 unspecified atom stereocenters. The topological polar surface area (TPSA) is 78.8 Å². The van der Waals surface area contributed by atoms with Gasteiger partial charge in [-0.1, -0.05) is 42.0 Å². The number of aliphatic hydroxyl groups is 1. The van der Waals surface area contributed by atoms with Crippen molar-refractivity contribution in [2.75, 3.05) is 6.54 Å². The lowest BCUT2D eigenvalue weighted by molar-refractivity contribution is -0.131. The summed E-state index contributed by atoms with van der Waals surface area (Å²) in [7, 11) is 0. The molecule has 3 rings (SSSR count). The monoisotopic (exact) mass is 366 g/mol. The summed E-state index contributed by atoms with van der Waals surface area (Å²) in [6.07, 6.45) is 2.07. The van der Waals surface area contributed by atoms with E-state index in [9.17, 15) is 19.1 Å². The van der Waals surface area contributed by atoms with Crippen LogP contribution in [-0.2, 0) is 9.59 Å². The summed E-state index contributed by atoms with van der Waals surface area (Å²) in [5.74, 6) is -2.63. The number of carbonyl (C=O) groups excluding carboxylic acids is 2. The summed E-state index contributed by atoms with van der Waals surface area (Å²) >= 11 is 0. The van der Waals surface area contributed by atoms with Gasteiger partial charge < -0.3 is 10.4 Å². The second kappa shape index (κ2) is 8.05. The van der Waals surface area contributed by atoms with E-state index in [0.29, 0.717) is 11.3 Å². The van der Waals surface area contributed by atoms with Crippen LogP contribution >= 0.6 is 0 Å². The van der Waals surface area contributed by atoms with E-state index in [1.807, 2.05) is 31.2 Å². The first-order valence-corrected chi connectivity index (χ1v) is 8.53. The smallest absolute Gasteiger partial charge is 0.262 e. The molecule has 0 spiro atoms. The van der Waals surface area contributed by atoms with E-state index in [-0.39, 0.29) is 6.54 Å². The van der Waals surface area contributed by atoms with E-state index in [2.05, 4.69) is 10.3 Å². The highest BCUT2D eigenvalue weighted by molar-refractivity contribution is 6.19. The van der Waals surface area contributed by atoms with Crippen LogP contribution in [0.3, 0.4) is 0 Å². The van der Waals surface area contributed by atoms with E-state index < -0.39 is 29.7 Å². The lowest BCUT2D eigenvalue weighted by Gasteiger charge is -2.17. The van der Waals surface area contributed by atoms with Gasteiger partial charge in [0.25, 0.3) is 5.91 Å². The molecular formula is C21H19FN2O3. The molecule has 2 aromatic carbocycles. The van der Waals surface area contributed by atoms with Crippen LogP contribution in [0.2, 0.25) is 0 Å². The fourth-order valence-electron chi connectivity index (χ4n) is 2.80. The van der Waals surface area contributed by atoms with E-state index >= 15 is 0 Å². The maximum Gasteiger partial charge on any atom is 0.262 e. The Balaban J connectivity index is 1.62. The van der Waals surface area contributed by atoms with Crippen molar-refractivity contribution in [3.63, 3.8) is 0 Å². The third kappa shape index (κ3) is 4.54. The predicted octanol–water partition coefficient (Wildman–Crippen LogP) is 2.49. The molecule has 0 aliphatic carbocycles. The third-order valence-electron chi connectivity index (χ3n) is 4.24. The van der Waals surface area contributed by atoms with Crippen molar-refractivity contribution >= 4 is 17.5 Å². The maximum absolute atomic E-state index is 13.2. The third-order valence-corrected chi connectivity index (χ3v) is 4.24. The van der Waals surface area contributed by atoms with Crippen molar-refractivity contribution in [3.05, 3.63) is 83.2 Å². The molecule has 0 bridgehead atoms. The number of aliphatic imine (C=N–C) groups is 1. The summed E-state index contributed by atoms with van der Waals surface area (Å²) in [5, 5.41) is 12.6. The van der Waals surface area contributed by atoms with Gasteiger partial charge in [-0.05, 0) is 36.8 Å². The average Bonchev–Trinajstić information content (AvgIpc) is 2.65. The number of aryl methyl sites for hydroxylation is 1. The fraction of sp³-hybridized carbons (Fsp3) is 0.190. The van der Waals surface area contributed by atoms with Crippen LogP contribution in [0.25, 0.3) is 0 Å². The zero-order valence-electron chi connectivity index (χ0n) is 14.7. The van der Waals surface area contributed by atoms with E-state index in [1.54, 1.807) is 12.1 Å². The Morgan fingerprint density at radius 1 is 1.26 bits per heavy atom. The van der Waals surface area contributed by atoms with Crippen molar-refractivity contribution in [3.8, 4) is 0 Å². The summed E-state index contributed by atoms with van der Waals surface area (Å²) in [5.41, 5.74) is 2.70. The highest BCUT2D eigenvalue weighted by Gasteiger charge is 2.27. The first-order chi connectivity index (χ1) is 12.9. The molecule has 0 aromatic heterocycles. The number of nitrogens with one attached hydrogen (secondary N) is 1. The molecule has 2 aromatic rings. The Morgan fingerprint density at radius 2 is 2.04 bits per heavy atom. The van der Waals surface area contributed by atoms with Gasteiger partial charge in [0, 0.05) is 12.1 Å². The number of hydrogen-bond acceptors (Lipinski definition) is 3. The van der Waals surface area contributed by atoms with Crippen molar-refractivity contribution in [1.29, 1.82) is 0 Å². The zero-order valence-corrected chi connectivity index (χ0v) is 14.7. The fourth-order valence-corrected chi connectivity index (χ4v) is 2.80. The number of amides is 2. The van der Waals surface area contributed by atoms with Gasteiger partial charge in [0.2, 0.25) is 5.91 Å². The Labute approximate surface area is 156 Å². The Kier molecular flexibility index (Phi) is 5.57. The van der Waals surface area contributed by atoms with Crippen LogP contribution in [0.5, 0.6) is 0 Å². The second-order valence-electron chi connectivity index (χ2n) is 6.36. The number of aliphatic hydroxyl groups excluding tert-OH is 1. The highest BCUT2D eigenvalue weighted by Crippen LogP contribution is 2.16. The molecule has 1 heterocycles. The van der Waals surface area contributed by atoms with Crippen LogP contribution in [-0.4, -0.2) is 29.2 Å². The lowest BCUT2D eigenvalue weighted by atomic mass is 9.99. The van der Waals surface area contributed by atoms with Crippen LogP contribution in [0, 0.1) is 18.7 Å². The maximum atomic E-state index is 13.2. The molecule has 138 valence electrons. The Hall–Kier alpha value is -3.12. The highest BCUT2D eigenvalue weighted by atomic mass is 19.1. The minimum atomic E-state index is -1.07. The first kappa shape index (κ1) is 18.7. The SMILES string of the molecule is Cc1cccc(C2=NC(=O)C(C(=O)NCC(O)c3cccc(F)c3)C=C2)c1. The van der Waals surface area contributed by atoms with Gasteiger partial charge in [0.05, 0.1) is 11.8 Å². The van der Waals surface area contributed by atoms with Gasteiger partial charge in [-0.2, -0.15) is 0 Å². The number of hydrogen-bond donors (Lipinski definition) is 2. The quantitative estimate of drug-likeness (QED) is 0.798. The Morgan fingerprint density at radius 3 is 2.74 bits per heavy atom. The van der Waals surface area contributed by atoms with Crippen molar-refractivity contribution in [2.45, 2.75) is 13.0 Å². The lowest BCUT2D eigenvalue weighted by Crippen LogP contribution is -2.37. The number of halogens is 1. The normalized spacial score (nSPS) is 17.4. The standard InChI is InChI=1S/C21H19FN2O3/c1-13-4-2-5-14(10-13)18-9-8-17(21(27)24-18)20(26)23-12-19(25)15-6-3-7-16(22)11-15/h2-11,17,19,25H,12H2,1H3,(H,23,26).